The van der Waals surface area contributed by atoms with Crippen LogP contribution < -0.4 is 5.32 Å². The molecular formula is C22H31F2N3O. The molecule has 154 valence electrons. The van der Waals surface area contributed by atoms with Crippen LogP contribution in [-0.4, -0.2) is 21.7 Å². The van der Waals surface area contributed by atoms with Crippen LogP contribution in [0.15, 0.2) is 6.07 Å². The Balaban J connectivity index is 1.30. The molecule has 1 amide bonds. The van der Waals surface area contributed by atoms with Gasteiger partial charge in [-0.15, -0.1) is 0 Å². The Hall–Kier alpha value is -1.46. The number of carbonyl (C=O) groups is 1. The van der Waals surface area contributed by atoms with Crippen LogP contribution in [0.3, 0.4) is 0 Å². The van der Waals surface area contributed by atoms with Crippen LogP contribution in [0.25, 0.3) is 0 Å². The van der Waals surface area contributed by atoms with E-state index < -0.39 is 6.43 Å². The third kappa shape index (κ3) is 3.26. The predicted molar refractivity (Wildman–Crippen MR) is 102 cm³/mol. The third-order valence-electron chi connectivity index (χ3n) is 7.91. The van der Waals surface area contributed by atoms with E-state index in [0.717, 1.165) is 42.7 Å². The van der Waals surface area contributed by atoms with Gasteiger partial charge in [0.25, 0.3) is 6.43 Å². The Kier molecular flexibility index (Phi) is 4.51. The number of nitrogens with one attached hydrogen (secondary N) is 1. The second-order valence-corrected chi connectivity index (χ2v) is 10.0. The lowest BCUT2D eigenvalue weighted by molar-refractivity contribution is -0.127. The Morgan fingerprint density at radius 2 is 1.82 bits per heavy atom. The van der Waals surface area contributed by atoms with Crippen molar-refractivity contribution in [3.8, 4) is 0 Å². The van der Waals surface area contributed by atoms with Gasteiger partial charge in [0.05, 0.1) is 0 Å². The second kappa shape index (κ2) is 6.81. The average Bonchev–Trinajstić information content (AvgIpc) is 3.38. The van der Waals surface area contributed by atoms with Crippen LogP contribution in [0, 0.1) is 23.2 Å². The number of alkyl halides is 2. The van der Waals surface area contributed by atoms with Crippen molar-refractivity contribution in [3.05, 3.63) is 17.5 Å². The molecule has 5 fully saturated rings. The molecule has 28 heavy (non-hydrogen) atoms. The van der Waals surface area contributed by atoms with Crippen molar-refractivity contribution in [2.75, 3.05) is 0 Å². The first-order valence-corrected chi connectivity index (χ1v) is 11.1. The molecule has 1 unspecified atom stereocenters. The maximum atomic E-state index is 13.1. The maximum absolute atomic E-state index is 13.1. The van der Waals surface area contributed by atoms with Crippen LogP contribution in [0.5, 0.6) is 0 Å². The van der Waals surface area contributed by atoms with Gasteiger partial charge in [0.1, 0.15) is 12.2 Å². The molecule has 5 aliphatic carbocycles. The average molecular weight is 392 g/mol. The van der Waals surface area contributed by atoms with E-state index in [2.05, 4.69) is 17.3 Å². The van der Waals surface area contributed by atoms with Crippen LogP contribution in [0.2, 0.25) is 0 Å². The smallest absolute Gasteiger partial charge is 0.282 e. The quantitative estimate of drug-likeness (QED) is 0.725. The van der Waals surface area contributed by atoms with Gasteiger partial charge < -0.3 is 5.32 Å². The predicted octanol–water partition coefficient (Wildman–Crippen LogP) is 4.81. The zero-order chi connectivity index (χ0) is 19.5. The van der Waals surface area contributed by atoms with Crippen molar-refractivity contribution in [2.24, 2.45) is 23.2 Å². The molecule has 0 saturated heterocycles. The number of amides is 1. The van der Waals surface area contributed by atoms with E-state index in [1.807, 2.05) is 0 Å². The van der Waals surface area contributed by atoms with Crippen LogP contribution >= 0.6 is 0 Å². The summed E-state index contributed by atoms with van der Waals surface area (Å²) in [5.74, 6) is 2.75. The summed E-state index contributed by atoms with van der Waals surface area (Å²) >= 11 is 0. The van der Waals surface area contributed by atoms with Crippen molar-refractivity contribution in [1.82, 2.24) is 15.1 Å². The van der Waals surface area contributed by atoms with Crippen molar-refractivity contribution in [3.63, 3.8) is 0 Å². The zero-order valence-corrected chi connectivity index (χ0v) is 16.7. The molecule has 6 rings (SSSR count). The first-order chi connectivity index (χ1) is 13.5. The summed E-state index contributed by atoms with van der Waals surface area (Å²) < 4.78 is 27.7. The van der Waals surface area contributed by atoms with Gasteiger partial charge >= 0.3 is 0 Å². The number of nitrogens with zero attached hydrogens (tertiary/aromatic N) is 2. The van der Waals surface area contributed by atoms with Gasteiger partial charge in [-0.2, -0.15) is 5.10 Å². The number of carbonyl (C=O) groups excluding carboxylic acids is 1. The highest BCUT2D eigenvalue weighted by molar-refractivity contribution is 5.76. The van der Waals surface area contributed by atoms with Gasteiger partial charge in [-0.05, 0) is 87.0 Å². The fraction of sp³-hybridized carbons (Fsp3) is 0.818. The summed E-state index contributed by atoms with van der Waals surface area (Å²) in [6, 6.07) is 1.69. The molecule has 4 bridgehead atoms. The number of aromatic nitrogens is 2. The fourth-order valence-corrected chi connectivity index (χ4v) is 7.06. The van der Waals surface area contributed by atoms with Crippen molar-refractivity contribution < 1.29 is 13.6 Å². The van der Waals surface area contributed by atoms with Crippen molar-refractivity contribution in [2.45, 2.75) is 89.6 Å². The molecule has 0 aromatic carbocycles. The van der Waals surface area contributed by atoms with E-state index >= 15 is 0 Å². The van der Waals surface area contributed by atoms with Gasteiger partial charge in [0.15, 0.2) is 0 Å². The highest BCUT2D eigenvalue weighted by atomic mass is 19.3. The number of halogens is 2. The molecule has 0 aliphatic heterocycles. The maximum Gasteiger partial charge on any atom is 0.282 e. The summed E-state index contributed by atoms with van der Waals surface area (Å²) in [5.41, 5.74) is 0.854. The summed E-state index contributed by atoms with van der Waals surface area (Å²) in [5, 5.41) is 7.35. The third-order valence-corrected chi connectivity index (χ3v) is 7.91. The minimum absolute atomic E-state index is 0.0570. The summed E-state index contributed by atoms with van der Waals surface area (Å²) in [6.07, 6.45) is 8.27. The van der Waals surface area contributed by atoms with E-state index in [0.29, 0.717) is 0 Å². The van der Waals surface area contributed by atoms with E-state index in [9.17, 15) is 13.6 Å². The minimum Gasteiger partial charge on any atom is -0.351 e. The Morgan fingerprint density at radius 1 is 1.21 bits per heavy atom. The molecule has 1 N–H and O–H groups in total. The molecule has 1 aromatic rings. The minimum atomic E-state index is -2.59. The fourth-order valence-electron chi connectivity index (χ4n) is 7.06. The summed E-state index contributed by atoms with van der Waals surface area (Å²) in [6.45, 7) is 2.23. The molecule has 5 aliphatic rings. The van der Waals surface area contributed by atoms with E-state index in [1.165, 1.54) is 49.3 Å². The number of hydrogen-bond acceptors (Lipinski definition) is 2. The first kappa shape index (κ1) is 18.6. The van der Waals surface area contributed by atoms with Crippen molar-refractivity contribution in [1.29, 1.82) is 0 Å². The Bertz CT molecular complexity index is 720. The lowest BCUT2D eigenvalue weighted by Crippen LogP contribution is -2.57. The monoisotopic (exact) mass is 391 g/mol. The van der Waals surface area contributed by atoms with E-state index in [1.54, 1.807) is 0 Å². The van der Waals surface area contributed by atoms with Gasteiger partial charge in [-0.25, -0.2) is 8.78 Å². The molecule has 6 heteroatoms. The summed E-state index contributed by atoms with van der Waals surface area (Å²) in [7, 11) is 0. The second-order valence-electron chi connectivity index (χ2n) is 10.0. The standard InChI is InChI=1S/C22H31F2N3O/c1-2-19(22-9-13-5-14(10-22)7-15(6-13)11-22)25-20(28)12-27-18(16-3-4-16)8-17(26-27)21(23)24/h8,13-16,19,21H,2-7,9-12H2,1H3,(H,25,28). The highest BCUT2D eigenvalue weighted by Gasteiger charge is 2.54. The molecule has 5 saturated carbocycles. The largest absolute Gasteiger partial charge is 0.351 e. The molecule has 4 nitrogen and oxygen atoms in total. The number of hydrogen-bond donors (Lipinski definition) is 1. The van der Waals surface area contributed by atoms with Crippen LogP contribution in [0.1, 0.15) is 88.4 Å². The van der Waals surface area contributed by atoms with Gasteiger partial charge in [-0.1, -0.05) is 6.92 Å². The van der Waals surface area contributed by atoms with Gasteiger partial charge in [-0.3, -0.25) is 9.48 Å². The van der Waals surface area contributed by atoms with Gasteiger partial charge in [0.2, 0.25) is 5.91 Å². The SMILES string of the molecule is CCC(NC(=O)Cn1nc(C(F)F)cc1C1CC1)C12CC3CC(CC(C3)C1)C2. The van der Waals surface area contributed by atoms with Crippen molar-refractivity contribution >= 4 is 5.91 Å². The lowest BCUT2D eigenvalue weighted by atomic mass is 9.47. The lowest BCUT2D eigenvalue weighted by Gasteiger charge is -2.59. The number of rotatable bonds is 7. The molecule has 1 aromatic heterocycles. The molecule has 1 heterocycles. The summed E-state index contributed by atoms with van der Waals surface area (Å²) in [4.78, 5) is 12.9. The highest BCUT2D eigenvalue weighted by Crippen LogP contribution is 2.61. The molecule has 1 atom stereocenters. The zero-order valence-electron chi connectivity index (χ0n) is 16.7. The van der Waals surface area contributed by atoms with E-state index in [4.69, 9.17) is 0 Å². The molecular weight excluding hydrogens is 360 g/mol. The molecule has 0 radical (unpaired) electrons. The van der Waals surface area contributed by atoms with E-state index in [-0.39, 0.29) is 35.5 Å². The first-order valence-electron chi connectivity index (χ1n) is 11.1. The van der Waals surface area contributed by atoms with Crippen LogP contribution in [0.4, 0.5) is 8.78 Å². The normalized spacial score (nSPS) is 34.8. The topological polar surface area (TPSA) is 46.9 Å². The Morgan fingerprint density at radius 3 is 2.32 bits per heavy atom. The Labute approximate surface area is 165 Å². The van der Waals surface area contributed by atoms with Gasteiger partial charge in [0, 0.05) is 17.7 Å². The molecule has 0 spiro atoms. The van der Waals surface area contributed by atoms with Crippen LogP contribution in [-0.2, 0) is 11.3 Å².